The SMILES string of the molecule is C=C/C=C(/Cl)N=C(OS(C)(=O)=O)c1cc2c(F)cccc2[nH]1. The van der Waals surface area contributed by atoms with Crippen molar-refractivity contribution in [2.45, 2.75) is 0 Å². The number of nitrogens with zero attached hydrogens (tertiary/aromatic N) is 1. The first kappa shape index (κ1) is 16.3. The van der Waals surface area contributed by atoms with Crippen molar-refractivity contribution in [3.63, 3.8) is 0 Å². The van der Waals surface area contributed by atoms with Gasteiger partial charge in [-0.3, -0.25) is 0 Å². The van der Waals surface area contributed by atoms with E-state index in [-0.39, 0.29) is 22.1 Å². The molecule has 2 rings (SSSR count). The third kappa shape index (κ3) is 3.96. The van der Waals surface area contributed by atoms with Gasteiger partial charge < -0.3 is 9.17 Å². The van der Waals surface area contributed by atoms with Crippen LogP contribution in [0.2, 0.25) is 0 Å². The molecule has 0 atom stereocenters. The van der Waals surface area contributed by atoms with Crippen LogP contribution in [0.3, 0.4) is 0 Å². The molecule has 1 aromatic heterocycles. The number of aliphatic imine (C=N–C) groups is 1. The molecule has 0 aliphatic rings. The van der Waals surface area contributed by atoms with Gasteiger partial charge in [0, 0.05) is 10.9 Å². The Morgan fingerprint density at radius 1 is 1.50 bits per heavy atom. The monoisotopic (exact) mass is 342 g/mol. The number of aromatic amines is 1. The van der Waals surface area contributed by atoms with Crippen molar-refractivity contribution >= 4 is 38.5 Å². The fourth-order valence-electron chi connectivity index (χ4n) is 1.73. The Hall–Kier alpha value is -2.12. The Morgan fingerprint density at radius 2 is 2.23 bits per heavy atom. The van der Waals surface area contributed by atoms with Gasteiger partial charge in [-0.15, -0.1) is 0 Å². The highest BCUT2D eigenvalue weighted by Crippen LogP contribution is 2.20. The number of hydrogen-bond donors (Lipinski definition) is 1. The summed E-state index contributed by atoms with van der Waals surface area (Å²) in [5.74, 6) is -0.743. The lowest BCUT2D eigenvalue weighted by Crippen LogP contribution is -2.13. The lowest BCUT2D eigenvalue weighted by atomic mass is 10.2. The smallest absolute Gasteiger partial charge is 0.307 e. The standard InChI is InChI=1S/C14H12ClFN2O3S/c1-3-5-13(15)18-14(21-22(2,19)20)12-8-9-10(16)6-4-7-11(9)17-12/h3-8,17H,1H2,2H3/b13-5-,18-14?. The third-order valence-corrected chi connectivity index (χ3v) is 3.21. The summed E-state index contributed by atoms with van der Waals surface area (Å²) in [6, 6.07) is 5.85. The van der Waals surface area contributed by atoms with E-state index >= 15 is 0 Å². The summed E-state index contributed by atoms with van der Waals surface area (Å²) in [7, 11) is -3.84. The molecule has 0 spiro atoms. The second-order valence-corrected chi connectivity index (χ2v) is 6.28. The van der Waals surface area contributed by atoms with Gasteiger partial charge in [0.05, 0.1) is 6.26 Å². The number of fused-ring (bicyclic) bond motifs is 1. The molecule has 0 saturated carbocycles. The third-order valence-electron chi connectivity index (χ3n) is 2.54. The van der Waals surface area contributed by atoms with Crippen molar-refractivity contribution in [2.75, 3.05) is 6.26 Å². The molecule has 0 bridgehead atoms. The molecule has 1 aromatic carbocycles. The fourth-order valence-corrected chi connectivity index (χ4v) is 2.31. The molecular formula is C14H12ClFN2O3S. The number of halogens is 2. The average molecular weight is 343 g/mol. The van der Waals surface area contributed by atoms with Crippen molar-refractivity contribution in [2.24, 2.45) is 4.99 Å². The Labute approximate surface area is 131 Å². The Kier molecular flexibility index (Phi) is 4.68. The van der Waals surface area contributed by atoms with Crippen LogP contribution in [0.25, 0.3) is 10.9 Å². The van der Waals surface area contributed by atoms with Crippen LogP contribution in [0.4, 0.5) is 4.39 Å². The van der Waals surface area contributed by atoms with Crippen LogP contribution in [0.5, 0.6) is 0 Å². The maximum absolute atomic E-state index is 13.7. The lowest BCUT2D eigenvalue weighted by Gasteiger charge is -2.04. The van der Waals surface area contributed by atoms with Gasteiger partial charge in [-0.2, -0.15) is 13.4 Å². The number of rotatable bonds is 4. The molecule has 0 unspecified atom stereocenters. The van der Waals surface area contributed by atoms with Crippen LogP contribution in [-0.4, -0.2) is 25.6 Å². The van der Waals surface area contributed by atoms with Crippen molar-refractivity contribution in [3.05, 3.63) is 59.7 Å². The Balaban J connectivity index is 2.58. The maximum Gasteiger partial charge on any atom is 0.307 e. The van der Waals surface area contributed by atoms with E-state index in [1.54, 1.807) is 6.07 Å². The molecule has 0 radical (unpaired) electrons. The van der Waals surface area contributed by atoms with Gasteiger partial charge in [-0.1, -0.05) is 30.3 Å². The number of benzene rings is 1. The van der Waals surface area contributed by atoms with E-state index in [0.29, 0.717) is 5.52 Å². The summed E-state index contributed by atoms with van der Waals surface area (Å²) in [5.41, 5.74) is 0.657. The molecule has 0 aliphatic heterocycles. The zero-order valence-electron chi connectivity index (χ0n) is 11.5. The second kappa shape index (κ2) is 6.33. The van der Waals surface area contributed by atoms with E-state index in [4.69, 9.17) is 15.8 Å². The highest BCUT2D eigenvalue weighted by atomic mass is 35.5. The van der Waals surface area contributed by atoms with Crippen LogP contribution < -0.4 is 0 Å². The van der Waals surface area contributed by atoms with E-state index in [9.17, 15) is 12.8 Å². The summed E-state index contributed by atoms with van der Waals surface area (Å²) in [6.07, 6.45) is 3.61. The molecule has 1 heterocycles. The predicted octanol–water partition coefficient (Wildman–Crippen LogP) is 3.30. The minimum atomic E-state index is -3.84. The fraction of sp³-hybridized carbons (Fsp3) is 0.0714. The highest BCUT2D eigenvalue weighted by molar-refractivity contribution is 7.86. The van der Waals surface area contributed by atoms with Gasteiger partial charge in [-0.25, -0.2) is 4.39 Å². The number of allylic oxidation sites excluding steroid dienone is 2. The first-order valence-electron chi connectivity index (χ1n) is 6.04. The van der Waals surface area contributed by atoms with Crippen molar-refractivity contribution in [3.8, 4) is 0 Å². The molecule has 8 heteroatoms. The van der Waals surface area contributed by atoms with Crippen LogP contribution >= 0.6 is 11.6 Å². The number of hydrogen-bond acceptors (Lipinski definition) is 4. The van der Waals surface area contributed by atoms with E-state index in [2.05, 4.69) is 16.6 Å². The van der Waals surface area contributed by atoms with Crippen LogP contribution in [0, 0.1) is 5.82 Å². The topological polar surface area (TPSA) is 71.5 Å². The second-order valence-electron chi connectivity index (χ2n) is 4.31. The van der Waals surface area contributed by atoms with E-state index in [1.165, 1.54) is 30.4 Å². The van der Waals surface area contributed by atoms with Crippen molar-refractivity contribution < 1.29 is 17.0 Å². The molecule has 0 fully saturated rings. The first-order valence-corrected chi connectivity index (χ1v) is 8.23. The molecule has 0 saturated heterocycles. The largest absolute Gasteiger partial charge is 0.359 e. The lowest BCUT2D eigenvalue weighted by molar-refractivity contribution is 0.489. The number of aromatic nitrogens is 1. The minimum Gasteiger partial charge on any atom is -0.359 e. The molecule has 0 aliphatic carbocycles. The zero-order chi connectivity index (χ0) is 16.3. The molecule has 2 aromatic rings. The van der Waals surface area contributed by atoms with Crippen molar-refractivity contribution in [1.82, 2.24) is 4.98 Å². The van der Waals surface area contributed by atoms with Crippen LogP contribution in [0.1, 0.15) is 5.69 Å². The molecule has 0 amide bonds. The van der Waals surface area contributed by atoms with Crippen LogP contribution in [-0.2, 0) is 14.3 Å². The normalized spacial score (nSPS) is 13.4. The van der Waals surface area contributed by atoms with Gasteiger partial charge in [0.1, 0.15) is 16.7 Å². The summed E-state index contributed by atoms with van der Waals surface area (Å²) in [5, 5.41) is 0.249. The number of nitrogens with one attached hydrogen (secondary N) is 1. The molecular weight excluding hydrogens is 331 g/mol. The summed E-state index contributed by atoms with van der Waals surface area (Å²) in [4.78, 5) is 6.70. The molecule has 116 valence electrons. The summed E-state index contributed by atoms with van der Waals surface area (Å²) >= 11 is 5.82. The molecule has 22 heavy (non-hydrogen) atoms. The highest BCUT2D eigenvalue weighted by Gasteiger charge is 2.16. The van der Waals surface area contributed by atoms with Gasteiger partial charge in [0.2, 0.25) is 0 Å². The van der Waals surface area contributed by atoms with E-state index in [1.807, 2.05) is 0 Å². The Bertz CT molecular complexity index is 885. The minimum absolute atomic E-state index is 0.0345. The van der Waals surface area contributed by atoms with Crippen LogP contribution in [0.15, 0.2) is 53.1 Å². The zero-order valence-corrected chi connectivity index (χ0v) is 13.1. The number of H-pyrrole nitrogens is 1. The van der Waals surface area contributed by atoms with Gasteiger partial charge in [0.15, 0.2) is 0 Å². The molecule has 1 N–H and O–H groups in total. The summed E-state index contributed by atoms with van der Waals surface area (Å²) < 4.78 is 41.3. The average Bonchev–Trinajstić information content (AvgIpc) is 2.82. The quantitative estimate of drug-likeness (QED) is 0.305. The van der Waals surface area contributed by atoms with Gasteiger partial charge >= 0.3 is 10.1 Å². The van der Waals surface area contributed by atoms with E-state index < -0.39 is 15.9 Å². The predicted molar refractivity (Wildman–Crippen MR) is 84.9 cm³/mol. The van der Waals surface area contributed by atoms with Gasteiger partial charge in [0.25, 0.3) is 5.90 Å². The Morgan fingerprint density at radius 3 is 2.82 bits per heavy atom. The summed E-state index contributed by atoms with van der Waals surface area (Å²) in [6.45, 7) is 3.46. The first-order chi connectivity index (χ1) is 10.3. The maximum atomic E-state index is 13.7. The van der Waals surface area contributed by atoms with E-state index in [0.717, 1.165) is 6.26 Å². The van der Waals surface area contributed by atoms with Crippen molar-refractivity contribution in [1.29, 1.82) is 0 Å². The molecule has 5 nitrogen and oxygen atoms in total. The van der Waals surface area contributed by atoms with Gasteiger partial charge in [-0.05, 0) is 24.3 Å².